The lowest BCUT2D eigenvalue weighted by Gasteiger charge is -2.14. The Kier molecular flexibility index (Phi) is 5.19. The Labute approximate surface area is 91.6 Å². The van der Waals surface area contributed by atoms with E-state index in [0.717, 1.165) is 37.8 Å². The molecule has 0 aliphatic carbocycles. The second-order valence-corrected chi connectivity index (χ2v) is 4.62. The van der Waals surface area contributed by atoms with Crippen LogP contribution in [0.25, 0.3) is 0 Å². The predicted octanol–water partition coefficient (Wildman–Crippen LogP) is 1.14. The van der Waals surface area contributed by atoms with E-state index in [-0.39, 0.29) is 0 Å². The van der Waals surface area contributed by atoms with Crippen LogP contribution in [0, 0.1) is 11.8 Å². The molecule has 1 unspecified atom stereocenters. The van der Waals surface area contributed by atoms with Crippen LogP contribution >= 0.6 is 12.2 Å². The smallest absolute Gasteiger partial charge is 0.166 e. The number of nitrogens with one attached hydrogen (secondary N) is 2. The summed E-state index contributed by atoms with van der Waals surface area (Å²) in [5.74, 6) is 1.26. The van der Waals surface area contributed by atoms with Gasteiger partial charge in [-0.1, -0.05) is 13.8 Å². The molecule has 2 N–H and O–H groups in total. The first-order valence-electron chi connectivity index (χ1n) is 5.28. The molecular weight excluding hydrogens is 196 g/mol. The Bertz CT molecular complexity index is 179. The van der Waals surface area contributed by atoms with Crippen LogP contribution < -0.4 is 10.6 Å². The summed E-state index contributed by atoms with van der Waals surface area (Å²) in [5, 5.41) is 7.17. The maximum absolute atomic E-state index is 5.28. The minimum atomic E-state index is 0.629. The monoisotopic (exact) mass is 216 g/mol. The standard InChI is InChI=1S/C10H20N2OS/c1-8(2)5-11-10(14)12-6-9-3-4-13-7-9/h8-9H,3-7H2,1-2H3,(H2,11,12,14). The van der Waals surface area contributed by atoms with E-state index in [1.807, 2.05) is 0 Å². The van der Waals surface area contributed by atoms with E-state index in [4.69, 9.17) is 17.0 Å². The first-order valence-corrected chi connectivity index (χ1v) is 5.68. The molecule has 1 rings (SSSR count). The van der Waals surface area contributed by atoms with Crippen LogP contribution in [0.3, 0.4) is 0 Å². The highest BCUT2D eigenvalue weighted by atomic mass is 32.1. The van der Waals surface area contributed by atoms with E-state index in [0.29, 0.717) is 11.8 Å². The zero-order chi connectivity index (χ0) is 10.4. The van der Waals surface area contributed by atoms with Crippen molar-refractivity contribution in [2.75, 3.05) is 26.3 Å². The van der Waals surface area contributed by atoms with Gasteiger partial charge in [0.25, 0.3) is 0 Å². The molecule has 14 heavy (non-hydrogen) atoms. The Hall–Kier alpha value is -0.350. The van der Waals surface area contributed by atoms with E-state index in [1.165, 1.54) is 0 Å². The van der Waals surface area contributed by atoms with E-state index in [1.54, 1.807) is 0 Å². The molecule has 0 bridgehead atoms. The molecule has 4 heteroatoms. The van der Waals surface area contributed by atoms with Crippen molar-refractivity contribution in [3.8, 4) is 0 Å². The SMILES string of the molecule is CC(C)CNC(=S)NCC1CCOC1. The number of ether oxygens (including phenoxy) is 1. The highest BCUT2D eigenvalue weighted by Gasteiger charge is 2.15. The fraction of sp³-hybridized carbons (Fsp3) is 0.900. The summed E-state index contributed by atoms with van der Waals surface area (Å²) in [6.07, 6.45) is 1.15. The second-order valence-electron chi connectivity index (χ2n) is 4.21. The molecule has 1 atom stereocenters. The van der Waals surface area contributed by atoms with Crippen molar-refractivity contribution in [2.45, 2.75) is 20.3 Å². The maximum atomic E-state index is 5.28. The third-order valence-electron chi connectivity index (χ3n) is 2.25. The predicted molar refractivity (Wildman–Crippen MR) is 62.4 cm³/mol. The van der Waals surface area contributed by atoms with Gasteiger partial charge in [0.05, 0.1) is 6.61 Å². The molecule has 0 saturated carbocycles. The molecule has 1 heterocycles. The molecule has 1 aliphatic rings. The quantitative estimate of drug-likeness (QED) is 0.691. The molecule has 82 valence electrons. The zero-order valence-corrected chi connectivity index (χ0v) is 9.82. The van der Waals surface area contributed by atoms with Crippen LogP contribution in [0.15, 0.2) is 0 Å². The Morgan fingerprint density at radius 3 is 2.86 bits per heavy atom. The summed E-state index contributed by atoms with van der Waals surface area (Å²) < 4.78 is 5.28. The summed E-state index contributed by atoms with van der Waals surface area (Å²) in [5.41, 5.74) is 0. The number of hydrogen-bond acceptors (Lipinski definition) is 2. The average molecular weight is 216 g/mol. The summed E-state index contributed by atoms with van der Waals surface area (Å²) in [6.45, 7) is 7.98. The van der Waals surface area contributed by atoms with Crippen molar-refractivity contribution in [1.82, 2.24) is 10.6 Å². The van der Waals surface area contributed by atoms with Gasteiger partial charge >= 0.3 is 0 Å². The molecule has 3 nitrogen and oxygen atoms in total. The molecule has 0 aromatic heterocycles. The second kappa shape index (κ2) is 6.19. The van der Waals surface area contributed by atoms with Gasteiger partial charge in [0.15, 0.2) is 5.11 Å². The van der Waals surface area contributed by atoms with Crippen LogP contribution in [0.5, 0.6) is 0 Å². The summed E-state index contributed by atoms with van der Waals surface area (Å²) in [4.78, 5) is 0. The summed E-state index contributed by atoms with van der Waals surface area (Å²) in [6, 6.07) is 0. The van der Waals surface area contributed by atoms with E-state index in [2.05, 4.69) is 24.5 Å². The van der Waals surface area contributed by atoms with Gasteiger partial charge in [-0.05, 0) is 24.6 Å². The number of rotatable bonds is 4. The van der Waals surface area contributed by atoms with Crippen molar-refractivity contribution in [3.05, 3.63) is 0 Å². The van der Waals surface area contributed by atoms with Gasteiger partial charge in [-0.2, -0.15) is 0 Å². The Morgan fingerprint density at radius 1 is 1.50 bits per heavy atom. The largest absolute Gasteiger partial charge is 0.381 e. The first kappa shape index (κ1) is 11.7. The lowest BCUT2D eigenvalue weighted by Crippen LogP contribution is -2.39. The molecular formula is C10H20N2OS. The molecule has 0 amide bonds. The van der Waals surface area contributed by atoms with Gasteiger partial charge < -0.3 is 15.4 Å². The third kappa shape index (κ3) is 4.77. The topological polar surface area (TPSA) is 33.3 Å². The molecule has 0 aromatic carbocycles. The van der Waals surface area contributed by atoms with Gasteiger partial charge in [-0.25, -0.2) is 0 Å². The lowest BCUT2D eigenvalue weighted by molar-refractivity contribution is 0.186. The van der Waals surface area contributed by atoms with Crippen LogP contribution in [0.1, 0.15) is 20.3 Å². The normalized spacial score (nSPS) is 21.2. The highest BCUT2D eigenvalue weighted by Crippen LogP contribution is 2.10. The highest BCUT2D eigenvalue weighted by molar-refractivity contribution is 7.80. The van der Waals surface area contributed by atoms with E-state index >= 15 is 0 Å². The van der Waals surface area contributed by atoms with Crippen molar-refractivity contribution in [1.29, 1.82) is 0 Å². The van der Waals surface area contributed by atoms with E-state index < -0.39 is 0 Å². The lowest BCUT2D eigenvalue weighted by atomic mass is 10.1. The van der Waals surface area contributed by atoms with Crippen LogP contribution in [-0.4, -0.2) is 31.4 Å². The van der Waals surface area contributed by atoms with Gasteiger partial charge in [0.2, 0.25) is 0 Å². The van der Waals surface area contributed by atoms with Gasteiger partial charge in [-0.15, -0.1) is 0 Å². The van der Waals surface area contributed by atoms with Gasteiger partial charge in [0.1, 0.15) is 0 Å². The van der Waals surface area contributed by atoms with Gasteiger partial charge in [-0.3, -0.25) is 0 Å². The van der Waals surface area contributed by atoms with Crippen LogP contribution in [0.2, 0.25) is 0 Å². The van der Waals surface area contributed by atoms with Crippen molar-refractivity contribution in [3.63, 3.8) is 0 Å². The minimum absolute atomic E-state index is 0.629. The Morgan fingerprint density at radius 2 is 2.29 bits per heavy atom. The molecule has 0 aromatic rings. The third-order valence-corrected chi connectivity index (χ3v) is 2.53. The fourth-order valence-electron chi connectivity index (χ4n) is 1.34. The molecule has 1 saturated heterocycles. The summed E-state index contributed by atoms with van der Waals surface area (Å²) in [7, 11) is 0. The first-order chi connectivity index (χ1) is 6.68. The molecule has 0 spiro atoms. The van der Waals surface area contributed by atoms with Crippen molar-refractivity contribution >= 4 is 17.3 Å². The zero-order valence-electron chi connectivity index (χ0n) is 9.01. The fourth-order valence-corrected chi connectivity index (χ4v) is 1.51. The Balaban J connectivity index is 2.02. The average Bonchev–Trinajstić information content (AvgIpc) is 2.63. The molecule has 1 fully saturated rings. The van der Waals surface area contributed by atoms with Gasteiger partial charge in [0, 0.05) is 25.6 Å². The number of hydrogen-bond donors (Lipinski definition) is 2. The van der Waals surface area contributed by atoms with Crippen molar-refractivity contribution in [2.24, 2.45) is 11.8 Å². The summed E-state index contributed by atoms with van der Waals surface area (Å²) >= 11 is 5.14. The van der Waals surface area contributed by atoms with Crippen LogP contribution in [0.4, 0.5) is 0 Å². The molecule has 1 aliphatic heterocycles. The van der Waals surface area contributed by atoms with Crippen LogP contribution in [-0.2, 0) is 4.74 Å². The van der Waals surface area contributed by atoms with E-state index in [9.17, 15) is 0 Å². The number of thiocarbonyl (C=S) groups is 1. The minimum Gasteiger partial charge on any atom is -0.381 e. The van der Waals surface area contributed by atoms with Crippen molar-refractivity contribution < 1.29 is 4.74 Å². The molecule has 0 radical (unpaired) electrons. The maximum Gasteiger partial charge on any atom is 0.166 e.